The van der Waals surface area contributed by atoms with E-state index in [1.165, 1.54) is 22.2 Å². The van der Waals surface area contributed by atoms with Crippen LogP contribution in [0.15, 0.2) is 63.4 Å². The van der Waals surface area contributed by atoms with E-state index in [2.05, 4.69) is 10.5 Å². The first kappa shape index (κ1) is 17.6. The zero-order chi connectivity index (χ0) is 16.7. The van der Waals surface area contributed by atoms with Crippen LogP contribution in [0.25, 0.3) is 0 Å². The topological polar surface area (TPSA) is 41.5 Å². The molecule has 2 aromatic rings. The van der Waals surface area contributed by atoms with Gasteiger partial charge in [-0.2, -0.15) is 5.10 Å². The largest absolute Gasteiger partial charge is 0.272 e. The number of rotatable bonds is 6. The van der Waals surface area contributed by atoms with E-state index in [1.807, 2.05) is 68.6 Å². The Balaban J connectivity index is 1.85. The van der Waals surface area contributed by atoms with Crippen molar-refractivity contribution in [3.63, 3.8) is 0 Å². The van der Waals surface area contributed by atoms with Gasteiger partial charge in [0.2, 0.25) is 0 Å². The van der Waals surface area contributed by atoms with Crippen molar-refractivity contribution in [2.45, 2.75) is 28.9 Å². The van der Waals surface area contributed by atoms with Crippen LogP contribution >= 0.6 is 23.5 Å². The van der Waals surface area contributed by atoms with E-state index in [0.717, 1.165) is 10.5 Å². The van der Waals surface area contributed by atoms with Crippen LogP contribution in [0, 0.1) is 6.92 Å². The van der Waals surface area contributed by atoms with Gasteiger partial charge in [-0.1, -0.05) is 29.8 Å². The van der Waals surface area contributed by atoms with E-state index < -0.39 is 0 Å². The highest BCUT2D eigenvalue weighted by atomic mass is 32.2. The Morgan fingerprint density at radius 1 is 1.09 bits per heavy atom. The summed E-state index contributed by atoms with van der Waals surface area (Å²) in [7, 11) is 0. The van der Waals surface area contributed by atoms with Gasteiger partial charge in [0.25, 0.3) is 5.91 Å². The number of hydrogen-bond acceptors (Lipinski definition) is 4. The van der Waals surface area contributed by atoms with Crippen molar-refractivity contribution in [1.29, 1.82) is 0 Å². The molecule has 1 atom stereocenters. The zero-order valence-electron chi connectivity index (χ0n) is 13.4. The van der Waals surface area contributed by atoms with Gasteiger partial charge in [-0.05, 0) is 49.9 Å². The van der Waals surface area contributed by atoms with Crippen LogP contribution in [0.2, 0.25) is 0 Å². The number of aryl methyl sites for hydroxylation is 1. The number of carbonyl (C=O) groups excluding carboxylic acids is 1. The summed E-state index contributed by atoms with van der Waals surface area (Å²) >= 11 is 3.22. The molecule has 2 rings (SSSR count). The van der Waals surface area contributed by atoms with Gasteiger partial charge in [-0.15, -0.1) is 23.5 Å². The van der Waals surface area contributed by atoms with Crippen LogP contribution in [0.5, 0.6) is 0 Å². The Bertz CT molecular complexity index is 666. The molecule has 1 amide bonds. The molecular formula is C18H20N2OS2. The highest BCUT2D eigenvalue weighted by molar-refractivity contribution is 8.00. The first-order valence-electron chi connectivity index (χ1n) is 7.29. The van der Waals surface area contributed by atoms with E-state index in [4.69, 9.17) is 0 Å². The van der Waals surface area contributed by atoms with Gasteiger partial charge in [-0.25, -0.2) is 5.43 Å². The van der Waals surface area contributed by atoms with Gasteiger partial charge in [0.05, 0.1) is 11.5 Å². The molecular weight excluding hydrogens is 324 g/mol. The fourth-order valence-electron chi connectivity index (χ4n) is 1.83. The average Bonchev–Trinajstić information content (AvgIpc) is 2.57. The van der Waals surface area contributed by atoms with Crippen LogP contribution in [0.4, 0.5) is 0 Å². The van der Waals surface area contributed by atoms with Crippen molar-refractivity contribution in [2.75, 3.05) is 6.26 Å². The van der Waals surface area contributed by atoms with Gasteiger partial charge in [0.15, 0.2) is 0 Å². The number of nitrogens with zero attached hydrogens (tertiary/aromatic N) is 1. The van der Waals surface area contributed by atoms with Crippen molar-refractivity contribution in [1.82, 2.24) is 5.43 Å². The second-order valence-electron chi connectivity index (χ2n) is 5.08. The number of thioether (sulfide) groups is 2. The molecule has 2 aromatic carbocycles. The summed E-state index contributed by atoms with van der Waals surface area (Å²) in [5, 5.41) is 3.83. The first-order valence-corrected chi connectivity index (χ1v) is 9.39. The fraction of sp³-hybridized carbons (Fsp3) is 0.222. The third kappa shape index (κ3) is 5.77. The molecule has 5 heteroatoms. The molecule has 0 fully saturated rings. The minimum Gasteiger partial charge on any atom is -0.272 e. The summed E-state index contributed by atoms with van der Waals surface area (Å²) in [5.41, 5.74) is 4.77. The lowest BCUT2D eigenvalue weighted by molar-refractivity contribution is -0.120. The van der Waals surface area contributed by atoms with Gasteiger partial charge in [-0.3, -0.25) is 4.79 Å². The minimum atomic E-state index is -0.200. The molecule has 0 heterocycles. The summed E-state index contributed by atoms with van der Waals surface area (Å²) in [4.78, 5) is 14.3. The minimum absolute atomic E-state index is 0.104. The number of benzene rings is 2. The van der Waals surface area contributed by atoms with E-state index in [1.54, 1.807) is 18.0 Å². The predicted molar refractivity (Wildman–Crippen MR) is 100 cm³/mol. The third-order valence-corrected chi connectivity index (χ3v) is 5.06. The number of hydrazone groups is 1. The number of amides is 1. The quantitative estimate of drug-likeness (QED) is 0.481. The van der Waals surface area contributed by atoms with Crippen molar-refractivity contribution in [3.8, 4) is 0 Å². The summed E-state index contributed by atoms with van der Waals surface area (Å²) in [5.74, 6) is -0.104. The van der Waals surface area contributed by atoms with E-state index in [-0.39, 0.29) is 11.2 Å². The molecule has 0 aliphatic heterocycles. The molecule has 0 bridgehead atoms. The Hall–Kier alpha value is -1.72. The SMILES string of the molecule is CSc1ccc(/C=N\NC(=O)[C@H](C)Sc2ccc(C)cc2)cc1. The van der Waals surface area contributed by atoms with Crippen LogP contribution in [-0.2, 0) is 4.79 Å². The lowest BCUT2D eigenvalue weighted by Crippen LogP contribution is -2.26. The highest BCUT2D eigenvalue weighted by Crippen LogP contribution is 2.23. The lowest BCUT2D eigenvalue weighted by atomic mass is 10.2. The summed E-state index contributed by atoms with van der Waals surface area (Å²) < 4.78 is 0. The molecule has 23 heavy (non-hydrogen) atoms. The normalized spacial score (nSPS) is 12.3. The van der Waals surface area contributed by atoms with Crippen LogP contribution < -0.4 is 5.43 Å². The molecule has 0 spiro atoms. The third-order valence-electron chi connectivity index (χ3n) is 3.21. The molecule has 120 valence electrons. The maximum atomic E-state index is 12.1. The standard InChI is InChI=1S/C18H20N2OS2/c1-13-4-8-17(9-5-13)23-14(2)18(21)20-19-12-15-6-10-16(22-3)11-7-15/h4-12,14H,1-3H3,(H,20,21)/b19-12-/t14-/m0/s1. The van der Waals surface area contributed by atoms with Crippen LogP contribution in [-0.4, -0.2) is 23.6 Å². The molecule has 0 aliphatic carbocycles. The molecule has 0 saturated carbocycles. The number of nitrogens with one attached hydrogen (secondary N) is 1. The van der Waals surface area contributed by atoms with Gasteiger partial charge >= 0.3 is 0 Å². The fourth-order valence-corrected chi connectivity index (χ4v) is 3.10. The maximum Gasteiger partial charge on any atom is 0.253 e. The van der Waals surface area contributed by atoms with Crippen molar-refractivity contribution in [2.24, 2.45) is 5.10 Å². The number of carbonyl (C=O) groups is 1. The predicted octanol–water partition coefficient (Wildman–Crippen LogP) is 4.35. The molecule has 0 saturated heterocycles. The van der Waals surface area contributed by atoms with Gasteiger partial charge in [0, 0.05) is 9.79 Å². The van der Waals surface area contributed by atoms with Crippen LogP contribution in [0.1, 0.15) is 18.1 Å². The van der Waals surface area contributed by atoms with Gasteiger partial charge < -0.3 is 0 Å². The maximum absolute atomic E-state index is 12.1. The van der Waals surface area contributed by atoms with Crippen LogP contribution in [0.3, 0.4) is 0 Å². The molecule has 3 nitrogen and oxygen atoms in total. The second kappa shape index (κ2) is 8.79. The molecule has 0 unspecified atom stereocenters. The van der Waals surface area contributed by atoms with E-state index >= 15 is 0 Å². The Morgan fingerprint density at radius 3 is 2.30 bits per heavy atom. The van der Waals surface area contributed by atoms with Crippen molar-refractivity contribution < 1.29 is 4.79 Å². The highest BCUT2D eigenvalue weighted by Gasteiger charge is 2.13. The molecule has 0 aliphatic rings. The average molecular weight is 345 g/mol. The molecule has 1 N–H and O–H groups in total. The van der Waals surface area contributed by atoms with Gasteiger partial charge in [0.1, 0.15) is 0 Å². The molecule has 0 aromatic heterocycles. The van der Waals surface area contributed by atoms with Crippen molar-refractivity contribution in [3.05, 3.63) is 59.7 Å². The Labute approximate surface area is 146 Å². The lowest BCUT2D eigenvalue weighted by Gasteiger charge is -2.09. The van der Waals surface area contributed by atoms with Crippen molar-refractivity contribution >= 4 is 35.6 Å². The molecule has 0 radical (unpaired) electrons. The number of hydrogen-bond donors (Lipinski definition) is 1. The van der Waals surface area contributed by atoms with E-state index in [0.29, 0.717) is 0 Å². The summed E-state index contributed by atoms with van der Waals surface area (Å²) in [6.45, 7) is 3.92. The Morgan fingerprint density at radius 2 is 1.70 bits per heavy atom. The monoisotopic (exact) mass is 344 g/mol. The first-order chi connectivity index (χ1) is 11.1. The second-order valence-corrected chi connectivity index (χ2v) is 7.37. The smallest absolute Gasteiger partial charge is 0.253 e. The summed E-state index contributed by atoms with van der Waals surface area (Å²) in [6.07, 6.45) is 3.70. The Kier molecular flexibility index (Phi) is 6.74. The summed E-state index contributed by atoms with van der Waals surface area (Å²) in [6, 6.07) is 16.2. The van der Waals surface area contributed by atoms with E-state index in [9.17, 15) is 4.79 Å². The zero-order valence-corrected chi connectivity index (χ0v) is 15.1.